The molecule has 4 heteroatoms. The molecule has 0 spiro atoms. The lowest BCUT2D eigenvalue weighted by Crippen LogP contribution is -2.48. The fourth-order valence-corrected chi connectivity index (χ4v) is 2.60. The zero-order chi connectivity index (χ0) is 11.4. The van der Waals surface area contributed by atoms with E-state index in [0.717, 1.165) is 52.3 Å². The summed E-state index contributed by atoms with van der Waals surface area (Å²) < 4.78 is 10.9. The summed E-state index contributed by atoms with van der Waals surface area (Å²) in [7, 11) is 0. The largest absolute Gasteiger partial charge is 0.394 e. The van der Waals surface area contributed by atoms with E-state index in [4.69, 9.17) is 14.6 Å². The molecule has 1 atom stereocenters. The third-order valence-electron chi connectivity index (χ3n) is 3.73. The van der Waals surface area contributed by atoms with Crippen molar-refractivity contribution in [3.63, 3.8) is 0 Å². The SMILES string of the molecule is CC1(CN2CCOC(CO)C2)CCOCC1. The summed E-state index contributed by atoms with van der Waals surface area (Å²) in [6, 6.07) is 0. The molecule has 2 saturated heterocycles. The third-order valence-corrected chi connectivity index (χ3v) is 3.73. The second-order valence-corrected chi connectivity index (χ2v) is 5.33. The van der Waals surface area contributed by atoms with Crippen LogP contribution in [0.2, 0.25) is 0 Å². The number of hydrogen-bond donors (Lipinski definition) is 1. The highest BCUT2D eigenvalue weighted by molar-refractivity contribution is 4.83. The molecule has 2 rings (SSSR count). The van der Waals surface area contributed by atoms with Crippen molar-refractivity contribution in [3.8, 4) is 0 Å². The summed E-state index contributed by atoms with van der Waals surface area (Å²) in [4.78, 5) is 2.43. The number of rotatable bonds is 3. The molecule has 0 aromatic carbocycles. The van der Waals surface area contributed by atoms with Crippen LogP contribution in [0.5, 0.6) is 0 Å². The van der Waals surface area contributed by atoms with Gasteiger partial charge in [-0.3, -0.25) is 4.90 Å². The summed E-state index contributed by atoms with van der Waals surface area (Å²) in [6.07, 6.45) is 2.31. The van der Waals surface area contributed by atoms with Gasteiger partial charge in [-0.1, -0.05) is 6.92 Å². The first-order chi connectivity index (χ1) is 7.72. The first-order valence-electron chi connectivity index (χ1n) is 6.24. The van der Waals surface area contributed by atoms with E-state index in [2.05, 4.69) is 11.8 Å². The second kappa shape index (κ2) is 5.45. The van der Waals surface area contributed by atoms with Crippen molar-refractivity contribution >= 4 is 0 Å². The summed E-state index contributed by atoms with van der Waals surface area (Å²) in [5.74, 6) is 0. The minimum atomic E-state index is 0.0113. The van der Waals surface area contributed by atoms with Gasteiger partial charge < -0.3 is 14.6 Å². The normalized spacial score (nSPS) is 31.5. The molecule has 2 aliphatic rings. The van der Waals surface area contributed by atoms with E-state index < -0.39 is 0 Å². The maximum Gasteiger partial charge on any atom is 0.0932 e. The van der Waals surface area contributed by atoms with Crippen molar-refractivity contribution in [3.05, 3.63) is 0 Å². The number of ether oxygens (including phenoxy) is 2. The van der Waals surface area contributed by atoms with Gasteiger partial charge in [0.2, 0.25) is 0 Å². The molecule has 0 aliphatic carbocycles. The number of aliphatic hydroxyl groups is 1. The van der Waals surface area contributed by atoms with Gasteiger partial charge in [0, 0.05) is 32.8 Å². The lowest BCUT2D eigenvalue weighted by Gasteiger charge is -2.41. The minimum absolute atomic E-state index is 0.0113. The van der Waals surface area contributed by atoms with Gasteiger partial charge in [0.15, 0.2) is 0 Å². The van der Waals surface area contributed by atoms with Gasteiger partial charge >= 0.3 is 0 Å². The molecular formula is C12H23NO3. The molecule has 0 aromatic heterocycles. The molecular weight excluding hydrogens is 206 g/mol. The Kier molecular flexibility index (Phi) is 4.19. The lowest BCUT2D eigenvalue weighted by molar-refractivity contribution is -0.0717. The van der Waals surface area contributed by atoms with Crippen LogP contribution in [-0.2, 0) is 9.47 Å². The quantitative estimate of drug-likeness (QED) is 0.765. The Morgan fingerprint density at radius 3 is 2.75 bits per heavy atom. The van der Waals surface area contributed by atoms with E-state index in [1.54, 1.807) is 0 Å². The van der Waals surface area contributed by atoms with Crippen LogP contribution >= 0.6 is 0 Å². The Bertz CT molecular complexity index is 216. The molecule has 2 heterocycles. The second-order valence-electron chi connectivity index (χ2n) is 5.33. The first kappa shape index (κ1) is 12.3. The van der Waals surface area contributed by atoms with E-state index >= 15 is 0 Å². The summed E-state index contributed by atoms with van der Waals surface area (Å²) in [6.45, 7) is 7.98. The molecule has 0 amide bonds. The zero-order valence-corrected chi connectivity index (χ0v) is 10.2. The highest BCUT2D eigenvalue weighted by atomic mass is 16.5. The van der Waals surface area contributed by atoms with Gasteiger partial charge in [-0.25, -0.2) is 0 Å². The number of morpholine rings is 1. The predicted octanol–water partition coefficient (Wildman–Crippen LogP) is 0.496. The van der Waals surface area contributed by atoms with E-state index in [9.17, 15) is 0 Å². The maximum absolute atomic E-state index is 9.11. The van der Waals surface area contributed by atoms with Crippen LogP contribution in [0.4, 0.5) is 0 Å². The molecule has 2 aliphatic heterocycles. The maximum atomic E-state index is 9.11. The van der Waals surface area contributed by atoms with Crippen molar-refractivity contribution in [2.45, 2.75) is 25.9 Å². The molecule has 0 aromatic rings. The Morgan fingerprint density at radius 1 is 1.31 bits per heavy atom. The van der Waals surface area contributed by atoms with Gasteiger partial charge in [-0.2, -0.15) is 0 Å². The smallest absolute Gasteiger partial charge is 0.0932 e. The van der Waals surface area contributed by atoms with Crippen molar-refractivity contribution in [1.29, 1.82) is 0 Å². The number of aliphatic hydroxyl groups excluding tert-OH is 1. The Balaban J connectivity index is 1.83. The summed E-state index contributed by atoms with van der Waals surface area (Å²) >= 11 is 0. The Hall–Kier alpha value is -0.160. The highest BCUT2D eigenvalue weighted by Gasteiger charge is 2.31. The van der Waals surface area contributed by atoms with Crippen LogP contribution in [0.1, 0.15) is 19.8 Å². The average Bonchev–Trinajstić information content (AvgIpc) is 2.29. The van der Waals surface area contributed by atoms with Crippen molar-refractivity contribution < 1.29 is 14.6 Å². The molecule has 0 radical (unpaired) electrons. The third kappa shape index (κ3) is 3.17. The van der Waals surface area contributed by atoms with Gasteiger partial charge in [-0.05, 0) is 18.3 Å². The van der Waals surface area contributed by atoms with E-state index in [-0.39, 0.29) is 12.7 Å². The van der Waals surface area contributed by atoms with Crippen LogP contribution in [-0.4, -0.2) is 62.2 Å². The fourth-order valence-electron chi connectivity index (χ4n) is 2.60. The van der Waals surface area contributed by atoms with Crippen LogP contribution in [0.3, 0.4) is 0 Å². The van der Waals surface area contributed by atoms with Gasteiger partial charge in [-0.15, -0.1) is 0 Å². The summed E-state index contributed by atoms with van der Waals surface area (Å²) in [5, 5.41) is 9.11. The van der Waals surface area contributed by atoms with Crippen LogP contribution in [0.25, 0.3) is 0 Å². The topological polar surface area (TPSA) is 41.9 Å². The highest BCUT2D eigenvalue weighted by Crippen LogP contribution is 2.31. The average molecular weight is 229 g/mol. The van der Waals surface area contributed by atoms with Gasteiger partial charge in [0.05, 0.1) is 19.3 Å². The molecule has 2 fully saturated rings. The van der Waals surface area contributed by atoms with Crippen LogP contribution in [0.15, 0.2) is 0 Å². The molecule has 0 bridgehead atoms. The monoisotopic (exact) mass is 229 g/mol. The minimum Gasteiger partial charge on any atom is -0.394 e. The lowest BCUT2D eigenvalue weighted by atomic mass is 9.82. The van der Waals surface area contributed by atoms with Crippen LogP contribution in [0, 0.1) is 5.41 Å². The Labute approximate surface area is 97.5 Å². The summed E-state index contributed by atoms with van der Waals surface area (Å²) in [5.41, 5.74) is 0.385. The van der Waals surface area contributed by atoms with Gasteiger partial charge in [0.25, 0.3) is 0 Å². The van der Waals surface area contributed by atoms with E-state index in [1.807, 2.05) is 0 Å². The fraction of sp³-hybridized carbons (Fsp3) is 1.00. The number of nitrogens with zero attached hydrogens (tertiary/aromatic N) is 1. The molecule has 16 heavy (non-hydrogen) atoms. The molecule has 1 N–H and O–H groups in total. The van der Waals surface area contributed by atoms with E-state index in [0.29, 0.717) is 5.41 Å². The Morgan fingerprint density at radius 2 is 2.06 bits per heavy atom. The molecule has 94 valence electrons. The van der Waals surface area contributed by atoms with E-state index in [1.165, 1.54) is 0 Å². The molecule has 0 saturated carbocycles. The predicted molar refractivity (Wildman–Crippen MR) is 61.4 cm³/mol. The van der Waals surface area contributed by atoms with Crippen LogP contribution < -0.4 is 0 Å². The first-order valence-corrected chi connectivity index (χ1v) is 6.24. The number of hydrogen-bond acceptors (Lipinski definition) is 4. The van der Waals surface area contributed by atoms with Crippen molar-refractivity contribution in [1.82, 2.24) is 4.90 Å². The van der Waals surface area contributed by atoms with Gasteiger partial charge in [0.1, 0.15) is 0 Å². The van der Waals surface area contributed by atoms with Crippen molar-refractivity contribution in [2.24, 2.45) is 5.41 Å². The molecule has 1 unspecified atom stereocenters. The molecule has 4 nitrogen and oxygen atoms in total. The zero-order valence-electron chi connectivity index (χ0n) is 10.2. The standard InChI is InChI=1S/C12H23NO3/c1-12(2-5-15-6-3-12)10-13-4-7-16-11(8-13)9-14/h11,14H,2-10H2,1H3. The van der Waals surface area contributed by atoms with Crippen molar-refractivity contribution in [2.75, 3.05) is 46.1 Å².